The lowest BCUT2D eigenvalue weighted by Gasteiger charge is -2.23. The van der Waals surface area contributed by atoms with Gasteiger partial charge in [0.2, 0.25) is 0 Å². The van der Waals surface area contributed by atoms with Gasteiger partial charge in [-0.1, -0.05) is 19.3 Å². The predicted octanol–water partition coefficient (Wildman–Crippen LogP) is 0.115. The van der Waals surface area contributed by atoms with Crippen LogP contribution in [0.5, 0.6) is 0 Å². The minimum Gasteiger partial charge on any atom is -0.384 e. The summed E-state index contributed by atoms with van der Waals surface area (Å²) in [5, 5.41) is 0. The third-order valence-electron chi connectivity index (χ3n) is 4.30. The molecule has 1 aromatic heterocycles. The largest absolute Gasteiger partial charge is 0.384 e. The van der Waals surface area contributed by atoms with Crippen molar-refractivity contribution in [2.24, 2.45) is 14.1 Å². The zero-order valence-corrected chi connectivity index (χ0v) is 13.3. The van der Waals surface area contributed by atoms with E-state index < -0.39 is 11.2 Å². The predicted molar refractivity (Wildman–Crippen MR) is 85.2 cm³/mol. The number of aromatic nitrogens is 2. The molecule has 1 saturated heterocycles. The van der Waals surface area contributed by atoms with Crippen molar-refractivity contribution >= 4 is 11.6 Å². The standard InChI is InChI=1S/C15H24N4O3/c1-17-13(16)12(14(21)18(2)15(17)22)11(20)10-19-8-6-4-3-5-7-9-19/h3-10,16H2,1-2H3. The SMILES string of the molecule is Cn1c(N)c(C(=O)CN2CCCCCCC2)c(=O)n(C)c1=O. The van der Waals surface area contributed by atoms with Crippen LogP contribution in [-0.2, 0) is 14.1 Å². The van der Waals surface area contributed by atoms with Crippen LogP contribution < -0.4 is 17.0 Å². The van der Waals surface area contributed by atoms with Crippen LogP contribution in [0.2, 0.25) is 0 Å². The molecule has 1 fully saturated rings. The highest BCUT2D eigenvalue weighted by Crippen LogP contribution is 2.12. The Labute approximate surface area is 129 Å². The summed E-state index contributed by atoms with van der Waals surface area (Å²) in [5.41, 5.74) is 4.61. The molecule has 2 rings (SSSR count). The van der Waals surface area contributed by atoms with E-state index in [-0.39, 0.29) is 23.7 Å². The fourth-order valence-electron chi connectivity index (χ4n) is 2.88. The van der Waals surface area contributed by atoms with Gasteiger partial charge in [0, 0.05) is 14.1 Å². The molecule has 22 heavy (non-hydrogen) atoms. The maximum atomic E-state index is 12.5. The lowest BCUT2D eigenvalue weighted by Crippen LogP contribution is -2.43. The third kappa shape index (κ3) is 3.30. The van der Waals surface area contributed by atoms with Crippen molar-refractivity contribution in [2.75, 3.05) is 25.4 Å². The summed E-state index contributed by atoms with van der Waals surface area (Å²) in [5.74, 6) is -0.362. The highest BCUT2D eigenvalue weighted by atomic mass is 16.2. The number of rotatable bonds is 3. The summed E-state index contributed by atoms with van der Waals surface area (Å²) in [7, 11) is 2.82. The van der Waals surface area contributed by atoms with E-state index in [4.69, 9.17) is 5.73 Å². The summed E-state index contributed by atoms with van der Waals surface area (Å²) < 4.78 is 2.07. The molecule has 0 bridgehead atoms. The number of ketones is 1. The maximum absolute atomic E-state index is 12.5. The molecule has 1 aromatic rings. The maximum Gasteiger partial charge on any atom is 0.332 e. The van der Waals surface area contributed by atoms with E-state index in [1.807, 2.05) is 0 Å². The molecule has 1 aliphatic rings. The van der Waals surface area contributed by atoms with Crippen LogP contribution in [-0.4, -0.2) is 39.5 Å². The van der Waals surface area contributed by atoms with Crippen molar-refractivity contribution in [3.8, 4) is 0 Å². The average Bonchev–Trinajstić information content (AvgIpc) is 2.46. The van der Waals surface area contributed by atoms with E-state index in [1.54, 1.807) is 0 Å². The van der Waals surface area contributed by atoms with Gasteiger partial charge < -0.3 is 5.73 Å². The monoisotopic (exact) mass is 308 g/mol. The van der Waals surface area contributed by atoms with Gasteiger partial charge in [0.1, 0.15) is 11.4 Å². The zero-order valence-electron chi connectivity index (χ0n) is 13.3. The summed E-state index contributed by atoms with van der Waals surface area (Å²) in [6, 6.07) is 0. The molecule has 0 radical (unpaired) electrons. The number of anilines is 1. The van der Waals surface area contributed by atoms with Crippen LogP contribution in [0.4, 0.5) is 5.82 Å². The molecule has 0 atom stereocenters. The second-order valence-corrected chi connectivity index (χ2v) is 5.93. The Morgan fingerprint density at radius 3 is 2.14 bits per heavy atom. The molecule has 122 valence electrons. The average molecular weight is 308 g/mol. The minimum atomic E-state index is -0.613. The summed E-state index contributed by atoms with van der Waals surface area (Å²) in [6.07, 6.45) is 5.72. The van der Waals surface area contributed by atoms with Crippen molar-refractivity contribution in [3.63, 3.8) is 0 Å². The van der Waals surface area contributed by atoms with Gasteiger partial charge in [-0.05, 0) is 25.9 Å². The molecule has 0 amide bonds. The van der Waals surface area contributed by atoms with Crippen LogP contribution in [0.1, 0.15) is 42.5 Å². The Bertz CT molecular complexity index is 667. The van der Waals surface area contributed by atoms with Gasteiger partial charge in [-0.15, -0.1) is 0 Å². The molecule has 7 heteroatoms. The molecule has 2 N–H and O–H groups in total. The number of Topliss-reactive ketones (excluding diaryl/α,β-unsaturated/α-hetero) is 1. The Hall–Kier alpha value is -1.89. The summed E-state index contributed by atoms with van der Waals surface area (Å²) in [6.45, 7) is 1.90. The first-order valence-corrected chi connectivity index (χ1v) is 7.74. The van der Waals surface area contributed by atoms with Crippen LogP contribution in [0, 0.1) is 0 Å². The van der Waals surface area contributed by atoms with E-state index in [0.717, 1.165) is 35.1 Å². The van der Waals surface area contributed by atoms with E-state index in [1.165, 1.54) is 33.4 Å². The molecule has 0 unspecified atom stereocenters. The Morgan fingerprint density at radius 1 is 1.00 bits per heavy atom. The van der Waals surface area contributed by atoms with E-state index in [2.05, 4.69) is 4.90 Å². The van der Waals surface area contributed by atoms with E-state index >= 15 is 0 Å². The minimum absolute atomic E-state index is 0.0508. The Balaban J connectivity index is 2.26. The van der Waals surface area contributed by atoms with Crippen LogP contribution in [0.3, 0.4) is 0 Å². The van der Waals surface area contributed by atoms with Gasteiger partial charge >= 0.3 is 5.69 Å². The van der Waals surface area contributed by atoms with Crippen LogP contribution in [0.25, 0.3) is 0 Å². The molecule has 7 nitrogen and oxygen atoms in total. The Morgan fingerprint density at radius 2 is 1.55 bits per heavy atom. The number of hydrogen-bond acceptors (Lipinski definition) is 5. The Kier molecular flexibility index (Phi) is 5.18. The van der Waals surface area contributed by atoms with Crippen LogP contribution in [0.15, 0.2) is 9.59 Å². The van der Waals surface area contributed by atoms with Crippen molar-refractivity contribution in [1.29, 1.82) is 0 Å². The molecular formula is C15H24N4O3. The van der Waals surface area contributed by atoms with Gasteiger partial charge in [0.25, 0.3) is 5.56 Å². The van der Waals surface area contributed by atoms with Crippen molar-refractivity contribution < 1.29 is 4.79 Å². The summed E-state index contributed by atoms with van der Waals surface area (Å²) >= 11 is 0. The zero-order chi connectivity index (χ0) is 16.3. The van der Waals surface area contributed by atoms with Crippen molar-refractivity contribution in [3.05, 3.63) is 26.4 Å². The topological polar surface area (TPSA) is 90.3 Å². The fraction of sp³-hybridized carbons (Fsp3) is 0.667. The smallest absolute Gasteiger partial charge is 0.332 e. The normalized spacial score (nSPS) is 17.0. The van der Waals surface area contributed by atoms with E-state index in [0.29, 0.717) is 0 Å². The third-order valence-corrected chi connectivity index (χ3v) is 4.30. The molecular weight excluding hydrogens is 284 g/mol. The summed E-state index contributed by atoms with van der Waals surface area (Å²) in [4.78, 5) is 38.6. The molecule has 0 aliphatic carbocycles. The van der Waals surface area contributed by atoms with Gasteiger partial charge in [-0.25, -0.2) is 4.79 Å². The molecule has 2 heterocycles. The number of likely N-dealkylation sites (tertiary alicyclic amines) is 1. The number of hydrogen-bond donors (Lipinski definition) is 1. The second kappa shape index (κ2) is 6.91. The second-order valence-electron chi connectivity index (χ2n) is 5.93. The van der Waals surface area contributed by atoms with E-state index in [9.17, 15) is 14.4 Å². The van der Waals surface area contributed by atoms with Crippen LogP contribution >= 0.6 is 0 Å². The first kappa shape index (κ1) is 16.5. The lowest BCUT2D eigenvalue weighted by molar-refractivity contribution is 0.0922. The van der Waals surface area contributed by atoms with Gasteiger partial charge in [0.05, 0.1) is 6.54 Å². The van der Waals surface area contributed by atoms with Crippen molar-refractivity contribution in [1.82, 2.24) is 14.0 Å². The molecule has 0 spiro atoms. The highest BCUT2D eigenvalue weighted by molar-refractivity contribution is 6.01. The van der Waals surface area contributed by atoms with Crippen molar-refractivity contribution in [2.45, 2.75) is 32.1 Å². The quantitative estimate of drug-likeness (QED) is 0.801. The van der Waals surface area contributed by atoms with Gasteiger partial charge in [-0.3, -0.25) is 23.6 Å². The number of nitrogens with two attached hydrogens (primary N) is 1. The molecule has 0 aromatic carbocycles. The number of nitrogens with zero attached hydrogens (tertiary/aromatic N) is 3. The fourth-order valence-corrected chi connectivity index (χ4v) is 2.88. The first-order valence-electron chi connectivity index (χ1n) is 7.74. The number of carbonyl (C=O) groups is 1. The molecule has 0 saturated carbocycles. The first-order chi connectivity index (χ1) is 10.4. The highest BCUT2D eigenvalue weighted by Gasteiger charge is 2.22. The lowest BCUT2D eigenvalue weighted by atomic mass is 10.1. The van der Waals surface area contributed by atoms with Gasteiger partial charge in [0.15, 0.2) is 5.78 Å². The number of nitrogen functional groups attached to an aromatic ring is 1. The van der Waals surface area contributed by atoms with Gasteiger partial charge in [-0.2, -0.15) is 0 Å². The molecule has 1 aliphatic heterocycles. The number of carbonyl (C=O) groups excluding carboxylic acids is 1.